The van der Waals surface area contributed by atoms with Gasteiger partial charge in [-0.3, -0.25) is 4.84 Å². The number of hydrogen-bond donors (Lipinski definition) is 0. The van der Waals surface area contributed by atoms with Gasteiger partial charge < -0.3 is 0 Å². The monoisotopic (exact) mass is 166 g/mol. The number of benzene rings is 1. The molecule has 63 valence electrons. The van der Waals surface area contributed by atoms with Gasteiger partial charge in [-0.25, -0.2) is 9.90 Å². The van der Waals surface area contributed by atoms with E-state index >= 15 is 0 Å². The van der Waals surface area contributed by atoms with Crippen LogP contribution in [0.3, 0.4) is 0 Å². The Morgan fingerprint density at radius 2 is 1.92 bits per heavy atom. The molecule has 0 saturated carbocycles. The van der Waals surface area contributed by atoms with Crippen LogP contribution < -0.4 is 5.06 Å². The molecule has 0 spiro atoms. The third kappa shape index (κ3) is 1.73. The lowest BCUT2D eigenvalue weighted by Crippen LogP contribution is -2.26. The SMILES string of the molecule is CON(C([O])=O)c1ccccc1. The largest absolute Gasteiger partial charge is 0.481 e. The number of anilines is 1. The molecule has 0 heterocycles. The first-order valence-corrected chi connectivity index (χ1v) is 3.36. The second kappa shape index (κ2) is 3.73. The topological polar surface area (TPSA) is 49.4 Å². The smallest absolute Gasteiger partial charge is 0.266 e. The van der Waals surface area contributed by atoms with Crippen molar-refractivity contribution in [1.29, 1.82) is 0 Å². The number of carbonyl (C=O) groups is 1. The molecule has 1 aromatic rings. The maximum Gasteiger partial charge on any atom is 0.481 e. The van der Waals surface area contributed by atoms with Crippen molar-refractivity contribution < 1.29 is 14.7 Å². The Bertz CT molecular complexity index is 260. The number of rotatable bonds is 2. The molecular weight excluding hydrogens is 158 g/mol. The van der Waals surface area contributed by atoms with Crippen LogP contribution in [0.5, 0.6) is 0 Å². The number of amides is 1. The van der Waals surface area contributed by atoms with Crippen LogP contribution in [-0.2, 0) is 9.94 Å². The molecule has 0 aliphatic rings. The molecule has 0 N–H and O–H groups in total. The van der Waals surface area contributed by atoms with E-state index in [0.29, 0.717) is 10.8 Å². The zero-order valence-electron chi connectivity index (χ0n) is 6.56. The molecule has 0 aliphatic heterocycles. The predicted octanol–water partition coefficient (Wildman–Crippen LogP) is 1.60. The van der Waals surface area contributed by atoms with Gasteiger partial charge in [-0.15, -0.1) is 0 Å². The molecule has 0 aromatic heterocycles. The van der Waals surface area contributed by atoms with Crippen LogP contribution in [0.1, 0.15) is 0 Å². The normalized spacial score (nSPS) is 9.42. The fourth-order valence-electron chi connectivity index (χ4n) is 0.849. The summed E-state index contributed by atoms with van der Waals surface area (Å²) >= 11 is 0. The second-order valence-corrected chi connectivity index (χ2v) is 2.08. The highest BCUT2D eigenvalue weighted by atomic mass is 16.7. The van der Waals surface area contributed by atoms with Crippen LogP contribution in [-0.4, -0.2) is 13.2 Å². The summed E-state index contributed by atoms with van der Waals surface area (Å²) < 4.78 is 0. The quantitative estimate of drug-likeness (QED) is 0.626. The Hall–Kier alpha value is -1.55. The van der Waals surface area contributed by atoms with E-state index in [1.165, 1.54) is 7.11 Å². The molecule has 1 radical (unpaired) electrons. The molecule has 4 heteroatoms. The van der Waals surface area contributed by atoms with Crippen LogP contribution in [0, 0.1) is 0 Å². The Kier molecular flexibility index (Phi) is 2.66. The van der Waals surface area contributed by atoms with Gasteiger partial charge in [-0.1, -0.05) is 18.2 Å². The molecule has 0 fully saturated rings. The molecule has 4 nitrogen and oxygen atoms in total. The van der Waals surface area contributed by atoms with E-state index in [4.69, 9.17) is 0 Å². The Labute approximate surface area is 69.9 Å². The molecular formula is C8H8NO3. The fourth-order valence-corrected chi connectivity index (χ4v) is 0.849. The average Bonchev–Trinajstić information content (AvgIpc) is 2.07. The number of hydroxylamine groups is 1. The van der Waals surface area contributed by atoms with Crippen LogP contribution >= 0.6 is 0 Å². The number of carbonyl (C=O) groups excluding carboxylic acids is 1. The van der Waals surface area contributed by atoms with Gasteiger partial charge in [-0.2, -0.15) is 5.06 Å². The van der Waals surface area contributed by atoms with E-state index in [2.05, 4.69) is 4.84 Å². The highest BCUT2D eigenvalue weighted by Crippen LogP contribution is 2.12. The van der Waals surface area contributed by atoms with E-state index in [1.54, 1.807) is 30.3 Å². The lowest BCUT2D eigenvalue weighted by Gasteiger charge is -2.13. The van der Waals surface area contributed by atoms with E-state index in [-0.39, 0.29) is 0 Å². The van der Waals surface area contributed by atoms with Crippen LogP contribution in [0.2, 0.25) is 0 Å². The molecule has 0 bridgehead atoms. The summed E-state index contributed by atoms with van der Waals surface area (Å²) in [6, 6.07) is 8.43. The van der Waals surface area contributed by atoms with Gasteiger partial charge in [0, 0.05) is 0 Å². The number of para-hydroxylation sites is 1. The first-order valence-electron chi connectivity index (χ1n) is 3.36. The summed E-state index contributed by atoms with van der Waals surface area (Å²) in [5.74, 6) is 0. The molecule has 12 heavy (non-hydrogen) atoms. The predicted molar refractivity (Wildman–Crippen MR) is 42.0 cm³/mol. The number of hydrogen-bond acceptors (Lipinski definition) is 2. The van der Waals surface area contributed by atoms with E-state index in [1.807, 2.05) is 0 Å². The minimum atomic E-state index is -1.39. The molecule has 1 rings (SSSR count). The van der Waals surface area contributed by atoms with Crippen LogP contribution in [0.25, 0.3) is 0 Å². The van der Waals surface area contributed by atoms with E-state index in [9.17, 15) is 9.90 Å². The van der Waals surface area contributed by atoms with Crippen molar-refractivity contribution >= 4 is 11.8 Å². The zero-order valence-corrected chi connectivity index (χ0v) is 6.56. The summed E-state index contributed by atoms with van der Waals surface area (Å²) in [6.07, 6.45) is -1.39. The zero-order chi connectivity index (χ0) is 8.97. The first kappa shape index (κ1) is 8.55. The van der Waals surface area contributed by atoms with Crippen molar-refractivity contribution in [3.05, 3.63) is 30.3 Å². The molecule has 0 atom stereocenters. The molecule has 0 unspecified atom stereocenters. The van der Waals surface area contributed by atoms with Crippen molar-refractivity contribution in [3.8, 4) is 0 Å². The minimum absolute atomic E-state index is 0.431. The number of nitrogens with zero attached hydrogens (tertiary/aromatic N) is 1. The summed E-state index contributed by atoms with van der Waals surface area (Å²) in [5, 5.41) is 11.1. The maximum atomic E-state index is 10.4. The van der Waals surface area contributed by atoms with E-state index < -0.39 is 6.09 Å². The standard InChI is InChI=1S/C8H8NO3/c1-12-9(8(10)11)7-5-3-2-4-6-7/h2-6H,1H3. The average molecular weight is 166 g/mol. The Morgan fingerprint density at radius 1 is 1.33 bits per heavy atom. The van der Waals surface area contributed by atoms with Gasteiger partial charge in [0.15, 0.2) is 0 Å². The first-order chi connectivity index (χ1) is 5.75. The van der Waals surface area contributed by atoms with Gasteiger partial charge in [0.05, 0.1) is 12.8 Å². The summed E-state index contributed by atoms with van der Waals surface area (Å²) in [7, 11) is 1.27. The molecule has 1 aromatic carbocycles. The molecule has 1 amide bonds. The van der Waals surface area contributed by atoms with Gasteiger partial charge in [0.1, 0.15) is 0 Å². The van der Waals surface area contributed by atoms with Crippen molar-refractivity contribution in [3.63, 3.8) is 0 Å². The third-order valence-corrected chi connectivity index (χ3v) is 1.34. The summed E-state index contributed by atoms with van der Waals surface area (Å²) in [6.45, 7) is 0. The minimum Gasteiger partial charge on any atom is -0.266 e. The fraction of sp³-hybridized carbons (Fsp3) is 0.125. The highest BCUT2D eigenvalue weighted by molar-refractivity contribution is 5.83. The van der Waals surface area contributed by atoms with E-state index in [0.717, 1.165) is 0 Å². The van der Waals surface area contributed by atoms with Crippen LogP contribution in [0.15, 0.2) is 30.3 Å². The maximum absolute atomic E-state index is 10.4. The summed E-state index contributed by atoms with van der Waals surface area (Å²) in [5.41, 5.74) is 0.431. The van der Waals surface area contributed by atoms with Gasteiger partial charge in [0.25, 0.3) is 0 Å². The van der Waals surface area contributed by atoms with Crippen molar-refractivity contribution in [2.45, 2.75) is 0 Å². The summed E-state index contributed by atoms with van der Waals surface area (Å²) in [4.78, 5) is 15.0. The van der Waals surface area contributed by atoms with Crippen molar-refractivity contribution in [2.24, 2.45) is 0 Å². The lowest BCUT2D eigenvalue weighted by molar-refractivity contribution is 0.113. The highest BCUT2D eigenvalue weighted by Gasteiger charge is 2.14. The Morgan fingerprint density at radius 3 is 2.33 bits per heavy atom. The van der Waals surface area contributed by atoms with Gasteiger partial charge in [0.2, 0.25) is 0 Å². The Balaban J connectivity index is 2.88. The third-order valence-electron chi connectivity index (χ3n) is 1.34. The second-order valence-electron chi connectivity index (χ2n) is 2.08. The van der Waals surface area contributed by atoms with Gasteiger partial charge in [-0.05, 0) is 12.1 Å². The van der Waals surface area contributed by atoms with Crippen LogP contribution in [0.4, 0.5) is 10.5 Å². The lowest BCUT2D eigenvalue weighted by atomic mass is 10.3. The molecule has 0 aliphatic carbocycles. The van der Waals surface area contributed by atoms with Crippen molar-refractivity contribution in [2.75, 3.05) is 12.2 Å². The van der Waals surface area contributed by atoms with Gasteiger partial charge >= 0.3 is 6.09 Å². The molecule has 0 saturated heterocycles. The van der Waals surface area contributed by atoms with Crippen molar-refractivity contribution in [1.82, 2.24) is 0 Å².